The van der Waals surface area contributed by atoms with Crippen LogP contribution in [0, 0.1) is 0 Å². The predicted molar refractivity (Wildman–Crippen MR) is 44.9 cm³/mol. The number of nitrogens with one attached hydrogen (secondary N) is 1. The first-order valence-electron chi connectivity index (χ1n) is 3.57. The first-order valence-corrected chi connectivity index (χ1v) is 3.57. The van der Waals surface area contributed by atoms with Crippen molar-refractivity contribution in [2.24, 2.45) is 0 Å². The molecule has 1 rings (SSSR count). The van der Waals surface area contributed by atoms with E-state index in [2.05, 4.69) is 10.2 Å². The Bertz CT molecular complexity index is 308. The van der Waals surface area contributed by atoms with E-state index in [1.54, 1.807) is 13.2 Å². The molecule has 0 unspecified atom stereocenters. The molecule has 0 aliphatic rings. The van der Waals surface area contributed by atoms with Gasteiger partial charge in [0, 0.05) is 13.5 Å². The van der Waals surface area contributed by atoms with Gasteiger partial charge >= 0.3 is 0 Å². The van der Waals surface area contributed by atoms with Gasteiger partial charge in [0.25, 0.3) is 5.56 Å². The van der Waals surface area contributed by atoms with Crippen LogP contribution in [0.25, 0.3) is 0 Å². The quantitative estimate of drug-likeness (QED) is 0.641. The van der Waals surface area contributed by atoms with Crippen molar-refractivity contribution in [2.45, 2.75) is 6.42 Å². The first kappa shape index (κ1) is 8.73. The van der Waals surface area contributed by atoms with Crippen molar-refractivity contribution >= 4 is 5.69 Å². The van der Waals surface area contributed by atoms with Crippen molar-refractivity contribution < 1.29 is 4.74 Å². The molecule has 0 saturated carbocycles. The highest BCUT2D eigenvalue weighted by atomic mass is 16.5. The highest BCUT2D eigenvalue weighted by molar-refractivity contribution is 5.34. The molecule has 0 radical (unpaired) electrons. The van der Waals surface area contributed by atoms with Gasteiger partial charge in [-0.3, -0.25) is 4.79 Å². The largest absolute Gasteiger partial charge is 0.394 e. The van der Waals surface area contributed by atoms with E-state index in [1.165, 1.54) is 0 Å². The van der Waals surface area contributed by atoms with Crippen LogP contribution in [0.15, 0.2) is 10.9 Å². The Morgan fingerprint density at radius 1 is 1.75 bits per heavy atom. The number of H-pyrrole nitrogens is 1. The van der Waals surface area contributed by atoms with Crippen LogP contribution in [-0.4, -0.2) is 23.9 Å². The van der Waals surface area contributed by atoms with E-state index in [9.17, 15) is 4.79 Å². The van der Waals surface area contributed by atoms with Gasteiger partial charge in [0.05, 0.1) is 12.3 Å². The fourth-order valence-corrected chi connectivity index (χ4v) is 0.799. The van der Waals surface area contributed by atoms with Gasteiger partial charge in [-0.1, -0.05) is 0 Å². The molecule has 0 aliphatic heterocycles. The number of methoxy groups -OCH3 is 1. The Labute approximate surface area is 69.5 Å². The molecule has 0 spiro atoms. The van der Waals surface area contributed by atoms with Crippen LogP contribution in [0.2, 0.25) is 0 Å². The second-order valence-corrected chi connectivity index (χ2v) is 2.39. The number of anilines is 1. The summed E-state index contributed by atoms with van der Waals surface area (Å²) in [7, 11) is 1.61. The molecule has 5 heteroatoms. The predicted octanol–water partition coefficient (Wildman–Crippen LogP) is -0.459. The lowest BCUT2D eigenvalue weighted by Gasteiger charge is -1.98. The monoisotopic (exact) mass is 169 g/mol. The normalized spacial score (nSPS) is 10.1. The minimum absolute atomic E-state index is 0.191. The van der Waals surface area contributed by atoms with Gasteiger partial charge < -0.3 is 10.5 Å². The highest BCUT2D eigenvalue weighted by Gasteiger charge is 1.98. The smallest absolute Gasteiger partial charge is 0.287 e. The molecule has 1 heterocycles. The Morgan fingerprint density at radius 3 is 3.08 bits per heavy atom. The molecule has 1 aromatic rings. The van der Waals surface area contributed by atoms with Gasteiger partial charge in [0.15, 0.2) is 0 Å². The third-order valence-corrected chi connectivity index (χ3v) is 1.45. The summed E-state index contributed by atoms with van der Waals surface area (Å²) in [6.45, 7) is 0.568. The lowest BCUT2D eigenvalue weighted by atomic mass is 10.3. The fraction of sp³-hybridized carbons (Fsp3) is 0.429. The van der Waals surface area contributed by atoms with Gasteiger partial charge in [-0.15, -0.1) is 0 Å². The second kappa shape index (κ2) is 3.87. The van der Waals surface area contributed by atoms with E-state index in [-0.39, 0.29) is 11.2 Å². The molecular formula is C7H11N3O2. The average Bonchev–Trinajstić information content (AvgIpc) is 2.07. The van der Waals surface area contributed by atoms with Crippen LogP contribution in [0.3, 0.4) is 0 Å². The summed E-state index contributed by atoms with van der Waals surface area (Å²) < 4.78 is 4.84. The van der Waals surface area contributed by atoms with Crippen molar-refractivity contribution in [3.8, 4) is 0 Å². The molecule has 0 aromatic carbocycles. The Morgan fingerprint density at radius 2 is 2.50 bits per heavy atom. The summed E-state index contributed by atoms with van der Waals surface area (Å²) in [6.07, 6.45) is 0.650. The third kappa shape index (κ3) is 2.06. The molecule has 0 saturated heterocycles. The number of hydrogen-bond donors (Lipinski definition) is 2. The number of nitrogens with two attached hydrogens (primary N) is 1. The lowest BCUT2D eigenvalue weighted by Crippen LogP contribution is -2.15. The van der Waals surface area contributed by atoms with Gasteiger partial charge in [0.1, 0.15) is 5.69 Å². The van der Waals surface area contributed by atoms with E-state index >= 15 is 0 Å². The first-order chi connectivity index (χ1) is 5.74. The SMILES string of the molecule is COCCc1cc(N)c(=O)[nH]n1. The maximum Gasteiger partial charge on any atom is 0.287 e. The molecule has 0 bridgehead atoms. The minimum atomic E-state index is -0.351. The summed E-state index contributed by atoms with van der Waals surface area (Å²) in [5, 5.41) is 6.07. The third-order valence-electron chi connectivity index (χ3n) is 1.45. The lowest BCUT2D eigenvalue weighted by molar-refractivity contribution is 0.201. The summed E-state index contributed by atoms with van der Waals surface area (Å²) in [6, 6.07) is 1.55. The van der Waals surface area contributed by atoms with Crippen LogP contribution in [-0.2, 0) is 11.2 Å². The van der Waals surface area contributed by atoms with Crippen LogP contribution in [0.4, 0.5) is 5.69 Å². The summed E-state index contributed by atoms with van der Waals surface area (Å²) in [4.78, 5) is 10.8. The zero-order valence-corrected chi connectivity index (χ0v) is 6.83. The van der Waals surface area contributed by atoms with E-state index in [0.717, 1.165) is 5.69 Å². The van der Waals surface area contributed by atoms with Crippen LogP contribution in [0.5, 0.6) is 0 Å². The topological polar surface area (TPSA) is 81.0 Å². The second-order valence-electron chi connectivity index (χ2n) is 2.39. The van der Waals surface area contributed by atoms with Crippen LogP contribution >= 0.6 is 0 Å². The van der Waals surface area contributed by atoms with Crippen molar-refractivity contribution in [1.82, 2.24) is 10.2 Å². The molecule has 1 aromatic heterocycles. The van der Waals surface area contributed by atoms with Gasteiger partial charge in [-0.2, -0.15) is 5.10 Å². The highest BCUT2D eigenvalue weighted by Crippen LogP contribution is 1.96. The van der Waals surface area contributed by atoms with Gasteiger partial charge in [0.2, 0.25) is 0 Å². The van der Waals surface area contributed by atoms with Crippen molar-refractivity contribution in [3.05, 3.63) is 22.1 Å². The van der Waals surface area contributed by atoms with E-state index < -0.39 is 0 Å². The molecule has 0 atom stereocenters. The molecule has 66 valence electrons. The summed E-state index contributed by atoms with van der Waals surface area (Å²) in [5.74, 6) is 0. The molecular weight excluding hydrogens is 158 g/mol. The van der Waals surface area contributed by atoms with E-state index in [1.807, 2.05) is 0 Å². The maximum atomic E-state index is 10.8. The zero-order valence-electron chi connectivity index (χ0n) is 6.83. The number of nitrogens with zero attached hydrogens (tertiary/aromatic N) is 1. The Kier molecular flexibility index (Phi) is 2.82. The van der Waals surface area contributed by atoms with Crippen molar-refractivity contribution in [1.29, 1.82) is 0 Å². The molecule has 3 N–H and O–H groups in total. The standard InChI is InChI=1S/C7H11N3O2/c1-12-3-2-5-4-6(8)7(11)10-9-5/h4H,2-3H2,1H3,(H2,8,9)(H,10,11). The zero-order chi connectivity index (χ0) is 8.97. The molecule has 0 aliphatic carbocycles. The molecule has 5 nitrogen and oxygen atoms in total. The Hall–Kier alpha value is -1.36. The van der Waals surface area contributed by atoms with Gasteiger partial charge in [-0.25, -0.2) is 5.10 Å². The maximum absolute atomic E-state index is 10.8. The Balaban J connectivity index is 2.75. The minimum Gasteiger partial charge on any atom is -0.394 e. The molecule has 0 fully saturated rings. The van der Waals surface area contributed by atoms with Gasteiger partial charge in [-0.05, 0) is 6.07 Å². The number of aromatic amines is 1. The number of ether oxygens (including phenoxy) is 1. The number of hydrogen-bond acceptors (Lipinski definition) is 4. The van der Waals surface area contributed by atoms with Crippen molar-refractivity contribution in [3.63, 3.8) is 0 Å². The average molecular weight is 169 g/mol. The molecule has 0 amide bonds. The summed E-state index contributed by atoms with van der Waals surface area (Å²) >= 11 is 0. The number of rotatable bonds is 3. The van der Waals surface area contributed by atoms with Crippen LogP contribution in [0.1, 0.15) is 5.69 Å². The van der Waals surface area contributed by atoms with Crippen molar-refractivity contribution in [2.75, 3.05) is 19.5 Å². The fourth-order valence-electron chi connectivity index (χ4n) is 0.799. The van der Waals surface area contributed by atoms with E-state index in [4.69, 9.17) is 10.5 Å². The number of nitrogen functional groups attached to an aromatic ring is 1. The summed E-state index contributed by atoms with van der Waals surface area (Å²) in [5.41, 5.74) is 5.94. The number of aromatic nitrogens is 2. The van der Waals surface area contributed by atoms with Crippen LogP contribution < -0.4 is 11.3 Å². The molecule has 12 heavy (non-hydrogen) atoms. The van der Waals surface area contributed by atoms with E-state index in [0.29, 0.717) is 13.0 Å².